The molecule has 1 aromatic rings. The lowest BCUT2D eigenvalue weighted by Crippen LogP contribution is -2.35. The summed E-state index contributed by atoms with van der Waals surface area (Å²) >= 11 is 0. The lowest BCUT2D eigenvalue weighted by Gasteiger charge is -2.28. The van der Waals surface area contributed by atoms with E-state index in [0.717, 1.165) is 32.4 Å². The van der Waals surface area contributed by atoms with Crippen LogP contribution in [0.2, 0.25) is 0 Å². The van der Waals surface area contributed by atoms with E-state index in [9.17, 15) is 9.59 Å². The normalized spacial score (nSPS) is 16.6. The molecule has 0 radical (unpaired) electrons. The third-order valence-electron chi connectivity index (χ3n) is 3.80. The van der Waals surface area contributed by atoms with Crippen molar-refractivity contribution >= 4 is 5.91 Å². The molecule has 2 heterocycles. The number of hydrogen-bond acceptors (Lipinski definition) is 5. The van der Waals surface area contributed by atoms with Crippen LogP contribution < -0.4 is 10.9 Å². The van der Waals surface area contributed by atoms with Gasteiger partial charge in [0.05, 0.1) is 6.10 Å². The summed E-state index contributed by atoms with van der Waals surface area (Å²) in [5.74, 6) is 0.0983. The SMILES string of the molecule is Cc1ncc(C(=O)NCCCOC2CCN(C)CC2)c(=O)[nH]1. The van der Waals surface area contributed by atoms with Crippen LogP contribution >= 0.6 is 0 Å². The van der Waals surface area contributed by atoms with Crippen molar-refractivity contribution in [2.24, 2.45) is 0 Å². The number of aromatic nitrogens is 2. The van der Waals surface area contributed by atoms with Crippen molar-refractivity contribution in [1.82, 2.24) is 20.2 Å². The summed E-state index contributed by atoms with van der Waals surface area (Å²) in [5.41, 5.74) is -0.366. The molecule has 2 rings (SSSR count). The van der Waals surface area contributed by atoms with Gasteiger partial charge in [0.1, 0.15) is 11.4 Å². The molecule has 122 valence electrons. The quantitative estimate of drug-likeness (QED) is 0.739. The fourth-order valence-electron chi connectivity index (χ4n) is 2.42. The summed E-state index contributed by atoms with van der Waals surface area (Å²) in [7, 11) is 2.12. The maximum atomic E-state index is 11.9. The molecule has 1 aliphatic heterocycles. The standard InChI is InChI=1S/C15H24N4O3/c1-11-17-10-13(15(21)18-11)14(20)16-6-3-9-22-12-4-7-19(2)8-5-12/h10,12H,3-9H2,1-2H3,(H,16,20)(H,17,18,21). The first-order valence-corrected chi connectivity index (χ1v) is 7.70. The molecule has 7 nitrogen and oxygen atoms in total. The first-order chi connectivity index (χ1) is 10.6. The molecule has 0 aliphatic carbocycles. The lowest BCUT2D eigenvalue weighted by molar-refractivity contribution is 0.0117. The van der Waals surface area contributed by atoms with Crippen molar-refractivity contribution in [3.8, 4) is 0 Å². The zero-order valence-corrected chi connectivity index (χ0v) is 13.2. The molecular weight excluding hydrogens is 284 g/mol. The van der Waals surface area contributed by atoms with Gasteiger partial charge in [0.25, 0.3) is 11.5 Å². The van der Waals surface area contributed by atoms with E-state index in [0.29, 0.717) is 25.1 Å². The molecule has 7 heteroatoms. The maximum Gasteiger partial charge on any atom is 0.263 e. The Bertz CT molecular complexity index is 550. The predicted molar refractivity (Wildman–Crippen MR) is 83.0 cm³/mol. The molecule has 1 amide bonds. The molecule has 1 saturated heterocycles. The number of rotatable bonds is 6. The van der Waals surface area contributed by atoms with Crippen LogP contribution in [0, 0.1) is 6.92 Å². The number of aromatic amines is 1. The molecule has 1 aliphatic rings. The highest BCUT2D eigenvalue weighted by molar-refractivity contribution is 5.93. The summed E-state index contributed by atoms with van der Waals surface area (Å²) in [6.07, 6.45) is 4.49. The number of nitrogens with zero attached hydrogens (tertiary/aromatic N) is 2. The molecule has 0 unspecified atom stereocenters. The van der Waals surface area contributed by atoms with Gasteiger partial charge in [0.2, 0.25) is 0 Å². The average Bonchev–Trinajstić information content (AvgIpc) is 2.48. The van der Waals surface area contributed by atoms with Gasteiger partial charge in [-0.1, -0.05) is 0 Å². The highest BCUT2D eigenvalue weighted by Gasteiger charge is 2.16. The first kappa shape index (κ1) is 16.6. The van der Waals surface area contributed by atoms with Crippen molar-refractivity contribution < 1.29 is 9.53 Å². The van der Waals surface area contributed by atoms with Gasteiger partial charge in [-0.3, -0.25) is 9.59 Å². The Morgan fingerprint density at radius 1 is 1.50 bits per heavy atom. The second kappa shape index (κ2) is 8.05. The number of H-pyrrole nitrogens is 1. The molecule has 0 saturated carbocycles. The summed E-state index contributed by atoms with van der Waals surface area (Å²) in [5, 5.41) is 2.72. The van der Waals surface area contributed by atoms with E-state index < -0.39 is 11.5 Å². The molecule has 2 N–H and O–H groups in total. The minimum atomic E-state index is -0.410. The molecule has 22 heavy (non-hydrogen) atoms. The molecule has 0 aromatic carbocycles. The Morgan fingerprint density at radius 2 is 2.23 bits per heavy atom. The number of nitrogens with one attached hydrogen (secondary N) is 2. The van der Waals surface area contributed by atoms with Gasteiger partial charge in [-0.15, -0.1) is 0 Å². The van der Waals surface area contributed by atoms with E-state index in [1.165, 1.54) is 6.20 Å². The van der Waals surface area contributed by atoms with Gasteiger partial charge >= 0.3 is 0 Å². The minimum absolute atomic E-state index is 0.0434. The molecule has 1 fully saturated rings. The Balaban J connectivity index is 1.64. The van der Waals surface area contributed by atoms with Crippen LogP contribution in [0.15, 0.2) is 11.0 Å². The third kappa shape index (κ3) is 4.92. The largest absolute Gasteiger partial charge is 0.378 e. The van der Waals surface area contributed by atoms with Crippen LogP contribution in [-0.2, 0) is 4.74 Å². The summed E-state index contributed by atoms with van der Waals surface area (Å²) in [6, 6.07) is 0. The number of likely N-dealkylation sites (tertiary alicyclic amines) is 1. The number of ether oxygens (including phenoxy) is 1. The number of piperidine rings is 1. The number of carbonyl (C=O) groups is 1. The summed E-state index contributed by atoms with van der Waals surface area (Å²) in [6.45, 7) is 4.93. The van der Waals surface area contributed by atoms with Crippen molar-refractivity contribution in [1.29, 1.82) is 0 Å². The molecule has 1 aromatic heterocycles. The number of aryl methyl sites for hydroxylation is 1. The monoisotopic (exact) mass is 308 g/mol. The zero-order chi connectivity index (χ0) is 15.9. The summed E-state index contributed by atoms with van der Waals surface area (Å²) in [4.78, 5) is 32.2. The highest BCUT2D eigenvalue weighted by Crippen LogP contribution is 2.11. The number of amides is 1. The van der Waals surface area contributed by atoms with Gasteiger partial charge in [0, 0.05) is 32.4 Å². The zero-order valence-electron chi connectivity index (χ0n) is 13.2. The van der Waals surface area contributed by atoms with Gasteiger partial charge in [-0.2, -0.15) is 0 Å². The predicted octanol–water partition coefficient (Wildman–Crippen LogP) is 0.309. The molecule has 0 atom stereocenters. The Morgan fingerprint density at radius 3 is 2.91 bits per heavy atom. The van der Waals surface area contributed by atoms with Crippen LogP contribution in [0.3, 0.4) is 0 Å². The van der Waals surface area contributed by atoms with Crippen LogP contribution in [0.5, 0.6) is 0 Å². The van der Waals surface area contributed by atoms with E-state index in [4.69, 9.17) is 4.74 Å². The van der Waals surface area contributed by atoms with E-state index >= 15 is 0 Å². The van der Waals surface area contributed by atoms with Crippen molar-refractivity contribution in [2.75, 3.05) is 33.3 Å². The first-order valence-electron chi connectivity index (χ1n) is 7.70. The van der Waals surface area contributed by atoms with Crippen LogP contribution in [0.4, 0.5) is 0 Å². The van der Waals surface area contributed by atoms with Crippen LogP contribution in [0.25, 0.3) is 0 Å². The van der Waals surface area contributed by atoms with E-state index in [2.05, 4.69) is 27.2 Å². The Kier molecular flexibility index (Phi) is 6.09. The number of hydrogen-bond donors (Lipinski definition) is 2. The van der Waals surface area contributed by atoms with Gasteiger partial charge in [-0.05, 0) is 33.2 Å². The third-order valence-corrected chi connectivity index (χ3v) is 3.80. The molecular formula is C15H24N4O3. The van der Waals surface area contributed by atoms with Crippen LogP contribution in [-0.4, -0.2) is 60.2 Å². The number of carbonyl (C=O) groups excluding carboxylic acids is 1. The minimum Gasteiger partial charge on any atom is -0.378 e. The smallest absolute Gasteiger partial charge is 0.263 e. The van der Waals surface area contributed by atoms with E-state index in [-0.39, 0.29) is 5.56 Å². The topological polar surface area (TPSA) is 87.3 Å². The fourth-order valence-corrected chi connectivity index (χ4v) is 2.42. The highest BCUT2D eigenvalue weighted by atomic mass is 16.5. The summed E-state index contributed by atoms with van der Waals surface area (Å²) < 4.78 is 5.80. The Labute approximate surface area is 130 Å². The fraction of sp³-hybridized carbons (Fsp3) is 0.667. The average molecular weight is 308 g/mol. The van der Waals surface area contributed by atoms with E-state index in [1.54, 1.807) is 6.92 Å². The van der Waals surface area contributed by atoms with E-state index in [1.807, 2.05) is 0 Å². The van der Waals surface area contributed by atoms with Crippen molar-refractivity contribution in [3.05, 3.63) is 27.9 Å². The van der Waals surface area contributed by atoms with Crippen LogP contribution in [0.1, 0.15) is 35.4 Å². The van der Waals surface area contributed by atoms with Gasteiger partial charge in [0.15, 0.2) is 0 Å². The van der Waals surface area contributed by atoms with Crippen molar-refractivity contribution in [3.63, 3.8) is 0 Å². The second-order valence-electron chi connectivity index (χ2n) is 5.69. The second-order valence-corrected chi connectivity index (χ2v) is 5.69. The molecule has 0 spiro atoms. The van der Waals surface area contributed by atoms with Gasteiger partial charge < -0.3 is 19.9 Å². The Hall–Kier alpha value is -1.73. The molecule has 0 bridgehead atoms. The van der Waals surface area contributed by atoms with Crippen molar-refractivity contribution in [2.45, 2.75) is 32.3 Å². The van der Waals surface area contributed by atoms with Gasteiger partial charge in [-0.25, -0.2) is 4.98 Å². The maximum absolute atomic E-state index is 11.9. The lowest BCUT2D eigenvalue weighted by atomic mass is 10.1.